The van der Waals surface area contributed by atoms with Gasteiger partial charge in [0.15, 0.2) is 0 Å². The molecule has 1 aliphatic rings. The molecule has 3 atom stereocenters. The number of rotatable bonds is 2. The van der Waals surface area contributed by atoms with Crippen molar-refractivity contribution >= 4 is 16.8 Å². The van der Waals surface area contributed by atoms with E-state index in [2.05, 4.69) is 10.3 Å². The van der Waals surface area contributed by atoms with Gasteiger partial charge in [0, 0.05) is 10.9 Å². The van der Waals surface area contributed by atoms with Gasteiger partial charge in [-0.25, -0.2) is 4.39 Å². The van der Waals surface area contributed by atoms with Crippen LogP contribution < -0.4 is 5.32 Å². The maximum atomic E-state index is 13.1. The van der Waals surface area contributed by atoms with Gasteiger partial charge < -0.3 is 20.5 Å². The molecule has 1 aromatic carbocycles. The number of H-pyrrole nitrogens is 1. The van der Waals surface area contributed by atoms with Crippen molar-refractivity contribution in [1.82, 2.24) is 10.3 Å². The van der Waals surface area contributed by atoms with Gasteiger partial charge in [-0.1, -0.05) is 0 Å². The van der Waals surface area contributed by atoms with Gasteiger partial charge in [0.2, 0.25) is 0 Å². The molecule has 6 heteroatoms. The smallest absolute Gasteiger partial charge is 0.268 e. The standard InChI is InChI=1S/C15H17FN2O3/c16-9-5-4-8-6-12(17-11(8)7-9)15(21)18-10-2-1-3-13(19)14(10)20/h4-7,10,13-14,17,19-20H,1-3H2,(H,18,21)/t10-,13-,14-/m1/s1. The van der Waals surface area contributed by atoms with E-state index < -0.39 is 18.2 Å². The van der Waals surface area contributed by atoms with Crippen LogP contribution in [-0.2, 0) is 0 Å². The van der Waals surface area contributed by atoms with Crippen LogP contribution in [0, 0.1) is 5.82 Å². The number of aromatic nitrogens is 1. The minimum absolute atomic E-state index is 0.308. The zero-order valence-corrected chi connectivity index (χ0v) is 11.3. The first-order valence-electron chi connectivity index (χ1n) is 7.00. The predicted molar refractivity (Wildman–Crippen MR) is 75.4 cm³/mol. The van der Waals surface area contributed by atoms with E-state index in [0.717, 1.165) is 11.8 Å². The summed E-state index contributed by atoms with van der Waals surface area (Å²) in [6.45, 7) is 0. The van der Waals surface area contributed by atoms with Crippen LogP contribution in [0.3, 0.4) is 0 Å². The van der Waals surface area contributed by atoms with Crippen molar-refractivity contribution < 1.29 is 19.4 Å². The second-order valence-electron chi connectivity index (χ2n) is 5.48. The number of carbonyl (C=O) groups is 1. The quantitative estimate of drug-likeness (QED) is 0.673. The van der Waals surface area contributed by atoms with Gasteiger partial charge in [-0.3, -0.25) is 4.79 Å². The third kappa shape index (κ3) is 2.77. The molecule has 2 aromatic rings. The minimum atomic E-state index is -0.954. The molecule has 5 nitrogen and oxygen atoms in total. The zero-order chi connectivity index (χ0) is 15.0. The first-order chi connectivity index (χ1) is 10.0. The van der Waals surface area contributed by atoms with E-state index in [1.165, 1.54) is 12.1 Å². The van der Waals surface area contributed by atoms with Crippen LogP contribution in [0.25, 0.3) is 10.9 Å². The fraction of sp³-hybridized carbons (Fsp3) is 0.400. The normalized spacial score (nSPS) is 26.0. The minimum Gasteiger partial charge on any atom is -0.390 e. The van der Waals surface area contributed by atoms with Gasteiger partial charge in [0.25, 0.3) is 5.91 Å². The summed E-state index contributed by atoms with van der Waals surface area (Å²) >= 11 is 0. The second-order valence-corrected chi connectivity index (χ2v) is 5.48. The monoisotopic (exact) mass is 292 g/mol. The summed E-state index contributed by atoms with van der Waals surface area (Å²) in [5.74, 6) is -0.744. The third-order valence-electron chi connectivity index (χ3n) is 3.97. The maximum absolute atomic E-state index is 13.1. The van der Waals surface area contributed by atoms with Crippen LogP contribution in [0.2, 0.25) is 0 Å². The molecule has 1 aliphatic carbocycles. The van der Waals surface area contributed by atoms with Gasteiger partial charge in [0.1, 0.15) is 11.5 Å². The van der Waals surface area contributed by atoms with Gasteiger partial charge in [-0.2, -0.15) is 0 Å². The number of halogens is 1. The van der Waals surface area contributed by atoms with E-state index in [1.54, 1.807) is 12.1 Å². The summed E-state index contributed by atoms with van der Waals surface area (Å²) in [5.41, 5.74) is 0.854. The first kappa shape index (κ1) is 14.0. The second kappa shape index (κ2) is 5.46. The van der Waals surface area contributed by atoms with Crippen molar-refractivity contribution in [2.24, 2.45) is 0 Å². The van der Waals surface area contributed by atoms with Crippen LogP contribution in [0.1, 0.15) is 29.8 Å². The Hall–Kier alpha value is -1.92. The zero-order valence-electron chi connectivity index (χ0n) is 11.3. The van der Waals surface area contributed by atoms with E-state index in [9.17, 15) is 19.4 Å². The van der Waals surface area contributed by atoms with E-state index in [1.807, 2.05) is 0 Å². The number of aliphatic hydroxyl groups is 2. The number of fused-ring (bicyclic) bond motifs is 1. The molecule has 0 unspecified atom stereocenters. The molecule has 1 aromatic heterocycles. The topological polar surface area (TPSA) is 85.3 Å². The summed E-state index contributed by atoms with van der Waals surface area (Å²) < 4.78 is 13.1. The Morgan fingerprint density at radius 2 is 2.10 bits per heavy atom. The average molecular weight is 292 g/mol. The highest BCUT2D eigenvalue weighted by Crippen LogP contribution is 2.21. The number of benzene rings is 1. The van der Waals surface area contributed by atoms with Crippen molar-refractivity contribution in [2.45, 2.75) is 37.5 Å². The Bertz CT molecular complexity index is 670. The molecule has 0 aliphatic heterocycles. The number of aromatic amines is 1. The van der Waals surface area contributed by atoms with Gasteiger partial charge in [-0.15, -0.1) is 0 Å². The van der Waals surface area contributed by atoms with E-state index in [0.29, 0.717) is 24.1 Å². The van der Waals surface area contributed by atoms with Crippen LogP contribution in [0.15, 0.2) is 24.3 Å². The van der Waals surface area contributed by atoms with E-state index in [-0.39, 0.29) is 11.7 Å². The molecule has 1 amide bonds. The van der Waals surface area contributed by atoms with Crippen LogP contribution in [0.4, 0.5) is 4.39 Å². The molecule has 0 radical (unpaired) electrons. The lowest BCUT2D eigenvalue weighted by atomic mass is 9.90. The molecule has 112 valence electrons. The number of carbonyl (C=O) groups excluding carboxylic acids is 1. The number of hydrogen-bond acceptors (Lipinski definition) is 3. The Morgan fingerprint density at radius 1 is 1.29 bits per heavy atom. The summed E-state index contributed by atoms with van der Waals surface area (Å²) in [6, 6.07) is 5.42. The molecule has 1 saturated carbocycles. The molecule has 0 saturated heterocycles. The molecule has 0 spiro atoms. The highest BCUT2D eigenvalue weighted by Gasteiger charge is 2.31. The lowest BCUT2D eigenvalue weighted by Gasteiger charge is -2.32. The summed E-state index contributed by atoms with van der Waals surface area (Å²) in [4.78, 5) is 15.0. The molecule has 4 N–H and O–H groups in total. The molecule has 21 heavy (non-hydrogen) atoms. The Morgan fingerprint density at radius 3 is 2.90 bits per heavy atom. The first-order valence-corrected chi connectivity index (χ1v) is 7.00. The molecule has 0 bridgehead atoms. The van der Waals surface area contributed by atoms with Crippen LogP contribution >= 0.6 is 0 Å². The molecular weight excluding hydrogens is 275 g/mol. The van der Waals surface area contributed by atoms with Gasteiger partial charge in [-0.05, 0) is 43.5 Å². The van der Waals surface area contributed by atoms with Crippen LogP contribution in [0.5, 0.6) is 0 Å². The average Bonchev–Trinajstić information content (AvgIpc) is 2.87. The van der Waals surface area contributed by atoms with Crippen LogP contribution in [-0.4, -0.2) is 39.4 Å². The number of amides is 1. The number of hydrogen-bond donors (Lipinski definition) is 4. The van der Waals surface area contributed by atoms with E-state index >= 15 is 0 Å². The Balaban J connectivity index is 1.77. The molecule has 3 rings (SSSR count). The predicted octanol–water partition coefficient (Wildman–Crippen LogP) is 1.31. The summed E-state index contributed by atoms with van der Waals surface area (Å²) in [6.07, 6.45) is 0.157. The lowest BCUT2D eigenvalue weighted by molar-refractivity contribution is -0.0278. The maximum Gasteiger partial charge on any atom is 0.268 e. The SMILES string of the molecule is O=C(N[C@@H]1CCC[C@@H](O)[C@@H]1O)c1cc2ccc(F)cc2[nH]1. The Labute approximate surface area is 120 Å². The molecular formula is C15H17FN2O3. The highest BCUT2D eigenvalue weighted by molar-refractivity contribution is 5.98. The van der Waals surface area contributed by atoms with Gasteiger partial charge >= 0.3 is 0 Å². The van der Waals surface area contributed by atoms with Gasteiger partial charge in [0.05, 0.1) is 18.2 Å². The number of aliphatic hydroxyl groups excluding tert-OH is 2. The number of nitrogens with one attached hydrogen (secondary N) is 2. The lowest BCUT2D eigenvalue weighted by Crippen LogP contribution is -2.51. The Kier molecular flexibility index (Phi) is 3.65. The van der Waals surface area contributed by atoms with Crippen molar-refractivity contribution in [3.8, 4) is 0 Å². The molecule has 1 heterocycles. The third-order valence-corrected chi connectivity index (χ3v) is 3.97. The van der Waals surface area contributed by atoms with Crippen molar-refractivity contribution in [1.29, 1.82) is 0 Å². The van der Waals surface area contributed by atoms with Crippen molar-refractivity contribution in [3.63, 3.8) is 0 Å². The fourth-order valence-electron chi connectivity index (χ4n) is 2.78. The fourth-order valence-corrected chi connectivity index (χ4v) is 2.78. The van der Waals surface area contributed by atoms with E-state index in [4.69, 9.17) is 0 Å². The molecule has 1 fully saturated rings. The van der Waals surface area contributed by atoms with Crippen molar-refractivity contribution in [3.05, 3.63) is 35.8 Å². The largest absolute Gasteiger partial charge is 0.390 e. The van der Waals surface area contributed by atoms with Crippen molar-refractivity contribution in [2.75, 3.05) is 0 Å². The summed E-state index contributed by atoms with van der Waals surface area (Å²) in [7, 11) is 0. The highest BCUT2D eigenvalue weighted by atomic mass is 19.1. The summed E-state index contributed by atoms with van der Waals surface area (Å²) in [5, 5.41) is 23.0.